The van der Waals surface area contributed by atoms with E-state index in [0.29, 0.717) is 30.3 Å². The topological polar surface area (TPSA) is 29.5 Å². The first-order valence-electron chi connectivity index (χ1n) is 6.50. The molecule has 111 valence electrons. The number of thioether (sulfide) groups is 1. The number of carbonyl (C=O) groups excluding carboxylic acids is 1. The van der Waals surface area contributed by atoms with Crippen molar-refractivity contribution >= 4 is 35.0 Å². The van der Waals surface area contributed by atoms with E-state index in [1.165, 1.54) is 0 Å². The molecule has 0 bridgehead atoms. The van der Waals surface area contributed by atoms with Gasteiger partial charge in [-0.2, -0.15) is 0 Å². The molecule has 1 radical (unpaired) electrons. The summed E-state index contributed by atoms with van der Waals surface area (Å²) in [5.41, 5.74) is 1.61. The Morgan fingerprint density at radius 2 is 2.24 bits per heavy atom. The number of carbonyl (C=O) groups is 1. The SMILES string of the molecule is CCN1C(=O)CC[C-]=C1c1ccc(OCSC)cc1Cl.[Y]. The van der Waals surface area contributed by atoms with Crippen LogP contribution in [-0.2, 0) is 37.5 Å². The van der Waals surface area contributed by atoms with Gasteiger partial charge in [-0.15, -0.1) is 47.1 Å². The third-order valence-electron chi connectivity index (χ3n) is 3.06. The fourth-order valence-electron chi connectivity index (χ4n) is 2.12. The fraction of sp³-hybridized carbons (Fsp3) is 0.400. The van der Waals surface area contributed by atoms with Crippen molar-refractivity contribution in [3.63, 3.8) is 0 Å². The van der Waals surface area contributed by atoms with Crippen molar-refractivity contribution in [2.75, 3.05) is 18.7 Å². The first-order valence-corrected chi connectivity index (χ1v) is 8.27. The molecular weight excluding hydrogens is 383 g/mol. The standard InChI is InChI=1S/C15H17ClNO2S.Y/c1-3-17-14(5-4-6-15(17)18)12-8-7-11(9-13(12)16)19-10-20-2;/h7-9H,3-4,6,10H2,1-2H3;/q-1;. The summed E-state index contributed by atoms with van der Waals surface area (Å²) >= 11 is 7.93. The molecule has 6 heteroatoms. The van der Waals surface area contributed by atoms with Crippen LogP contribution >= 0.6 is 23.4 Å². The number of ether oxygens (including phenoxy) is 1. The first kappa shape index (κ1) is 19.0. The maximum atomic E-state index is 11.9. The molecule has 2 rings (SSSR count). The molecule has 0 aromatic heterocycles. The van der Waals surface area contributed by atoms with Crippen LogP contribution in [0.15, 0.2) is 18.2 Å². The van der Waals surface area contributed by atoms with E-state index in [1.54, 1.807) is 22.7 Å². The normalized spacial score (nSPS) is 14.5. The molecule has 1 aromatic rings. The minimum absolute atomic E-state index is 0. The van der Waals surface area contributed by atoms with Gasteiger partial charge in [0.05, 0.1) is 0 Å². The smallest absolute Gasteiger partial charge is 0.223 e. The summed E-state index contributed by atoms with van der Waals surface area (Å²) in [6.45, 7) is 2.58. The molecule has 1 aromatic carbocycles. The van der Waals surface area contributed by atoms with E-state index < -0.39 is 0 Å². The Bertz CT molecular complexity index is 536. The number of hydrogen-bond acceptors (Lipinski definition) is 3. The van der Waals surface area contributed by atoms with Gasteiger partial charge in [0.25, 0.3) is 0 Å². The number of halogens is 1. The zero-order valence-corrected chi connectivity index (χ0v) is 16.6. The van der Waals surface area contributed by atoms with Gasteiger partial charge >= 0.3 is 0 Å². The van der Waals surface area contributed by atoms with Crippen molar-refractivity contribution in [2.45, 2.75) is 19.8 Å². The number of benzene rings is 1. The first-order chi connectivity index (χ1) is 9.67. The van der Waals surface area contributed by atoms with E-state index in [1.807, 2.05) is 25.3 Å². The molecule has 1 amide bonds. The molecule has 0 N–H and O–H groups in total. The maximum absolute atomic E-state index is 11.9. The second-order valence-electron chi connectivity index (χ2n) is 4.36. The van der Waals surface area contributed by atoms with Crippen molar-refractivity contribution in [1.29, 1.82) is 0 Å². The largest absolute Gasteiger partial charge is 0.483 e. The molecule has 3 nitrogen and oxygen atoms in total. The van der Waals surface area contributed by atoms with Crippen LogP contribution in [0.3, 0.4) is 0 Å². The second kappa shape index (κ2) is 9.19. The molecule has 0 saturated carbocycles. The van der Waals surface area contributed by atoms with Gasteiger partial charge in [0.2, 0.25) is 5.91 Å². The van der Waals surface area contributed by atoms with Crippen molar-refractivity contribution in [3.05, 3.63) is 34.9 Å². The molecule has 1 aliphatic heterocycles. The van der Waals surface area contributed by atoms with Crippen LogP contribution in [-0.4, -0.2) is 29.5 Å². The van der Waals surface area contributed by atoms with Crippen molar-refractivity contribution < 1.29 is 42.2 Å². The zero-order chi connectivity index (χ0) is 14.5. The Hall–Kier alpha value is -0.0261. The predicted molar refractivity (Wildman–Crippen MR) is 83.7 cm³/mol. The average Bonchev–Trinajstić information content (AvgIpc) is 2.45. The molecule has 0 atom stereocenters. The number of rotatable bonds is 5. The molecule has 0 saturated heterocycles. The van der Waals surface area contributed by atoms with E-state index in [-0.39, 0.29) is 38.6 Å². The summed E-state index contributed by atoms with van der Waals surface area (Å²) in [5, 5.41) is 0.583. The summed E-state index contributed by atoms with van der Waals surface area (Å²) in [4.78, 5) is 13.7. The van der Waals surface area contributed by atoms with Crippen LogP contribution in [0.4, 0.5) is 0 Å². The quantitative estimate of drug-likeness (QED) is 0.557. The summed E-state index contributed by atoms with van der Waals surface area (Å²) in [5.74, 6) is 1.45. The summed E-state index contributed by atoms with van der Waals surface area (Å²) in [6, 6.07) is 5.55. The van der Waals surface area contributed by atoms with Gasteiger partial charge in [0.15, 0.2) is 0 Å². The number of hydrogen-bond donors (Lipinski definition) is 0. The Balaban J connectivity index is 0.00000220. The monoisotopic (exact) mass is 399 g/mol. The van der Waals surface area contributed by atoms with E-state index in [9.17, 15) is 4.79 Å². The van der Waals surface area contributed by atoms with Gasteiger partial charge in [-0.3, -0.25) is 4.79 Å². The summed E-state index contributed by atoms with van der Waals surface area (Å²) in [6.07, 6.45) is 6.40. The fourth-order valence-corrected chi connectivity index (χ4v) is 2.64. The Kier molecular flexibility index (Phi) is 8.32. The predicted octanol–water partition coefficient (Wildman–Crippen LogP) is 3.82. The Morgan fingerprint density at radius 3 is 2.86 bits per heavy atom. The van der Waals surface area contributed by atoms with Crippen LogP contribution in [0, 0.1) is 6.08 Å². The van der Waals surface area contributed by atoms with Crippen LogP contribution in [0.25, 0.3) is 5.70 Å². The van der Waals surface area contributed by atoms with E-state index in [0.717, 1.165) is 17.0 Å². The number of nitrogens with zero attached hydrogens (tertiary/aromatic N) is 1. The van der Waals surface area contributed by atoms with Crippen LogP contribution in [0.1, 0.15) is 25.3 Å². The van der Waals surface area contributed by atoms with E-state index in [2.05, 4.69) is 6.08 Å². The van der Waals surface area contributed by atoms with Crippen LogP contribution < -0.4 is 4.74 Å². The number of amides is 1. The van der Waals surface area contributed by atoms with Gasteiger partial charge in [-0.1, -0.05) is 0 Å². The average molecular weight is 400 g/mol. The number of allylic oxidation sites excluding steroid dienone is 1. The summed E-state index contributed by atoms with van der Waals surface area (Å²) in [7, 11) is 0. The van der Waals surface area contributed by atoms with Crippen molar-refractivity contribution in [1.82, 2.24) is 4.90 Å². The van der Waals surface area contributed by atoms with Gasteiger partial charge < -0.3 is 9.64 Å². The van der Waals surface area contributed by atoms with Crippen LogP contribution in [0.2, 0.25) is 5.02 Å². The third-order valence-corrected chi connectivity index (χ3v) is 3.72. The van der Waals surface area contributed by atoms with Gasteiger partial charge in [-0.25, -0.2) is 6.08 Å². The molecular formula is C15H17ClNO2SY-. The molecule has 1 aliphatic rings. The molecule has 0 fully saturated rings. The second-order valence-corrected chi connectivity index (χ2v) is 5.58. The molecule has 1 heterocycles. The van der Waals surface area contributed by atoms with Gasteiger partial charge in [-0.05, 0) is 30.3 Å². The van der Waals surface area contributed by atoms with Crippen LogP contribution in [0.5, 0.6) is 5.75 Å². The Labute approximate surface area is 160 Å². The Morgan fingerprint density at radius 1 is 1.48 bits per heavy atom. The molecule has 0 spiro atoms. The van der Waals surface area contributed by atoms with E-state index in [4.69, 9.17) is 16.3 Å². The molecule has 21 heavy (non-hydrogen) atoms. The molecule has 0 aliphatic carbocycles. The van der Waals surface area contributed by atoms with Gasteiger partial charge in [0.1, 0.15) is 11.7 Å². The summed E-state index contributed by atoms with van der Waals surface area (Å²) < 4.78 is 5.52. The minimum atomic E-state index is 0. The molecule has 0 unspecified atom stereocenters. The minimum Gasteiger partial charge on any atom is -0.483 e. The maximum Gasteiger partial charge on any atom is 0.223 e. The zero-order valence-electron chi connectivity index (χ0n) is 12.2. The van der Waals surface area contributed by atoms with Gasteiger partial charge in [0, 0.05) is 45.7 Å². The van der Waals surface area contributed by atoms with E-state index >= 15 is 0 Å². The van der Waals surface area contributed by atoms with Crippen molar-refractivity contribution in [2.24, 2.45) is 0 Å². The van der Waals surface area contributed by atoms with Crippen molar-refractivity contribution in [3.8, 4) is 5.75 Å². The third kappa shape index (κ3) is 4.72.